The first kappa shape index (κ1) is 20.9. The van der Waals surface area contributed by atoms with Gasteiger partial charge in [-0.15, -0.1) is 0 Å². The molecule has 8 nitrogen and oxygen atoms in total. The van der Waals surface area contributed by atoms with Gasteiger partial charge in [0.2, 0.25) is 6.79 Å². The second-order valence-corrected chi connectivity index (χ2v) is 7.09. The van der Waals surface area contributed by atoms with Gasteiger partial charge in [-0.25, -0.2) is 0 Å². The molecular weight excluding hydrogens is 410 g/mol. The maximum atomic E-state index is 12.9. The molecule has 3 aromatic rings. The summed E-state index contributed by atoms with van der Waals surface area (Å²) in [6.45, 7) is 0.0966. The number of carbonyl (C=O) groups excluding carboxylic acids is 3. The average molecular weight is 431 g/mol. The number of hydrogen-bond acceptors (Lipinski definition) is 5. The first-order valence-electron chi connectivity index (χ1n) is 10.00. The lowest BCUT2D eigenvalue weighted by Gasteiger charge is -2.19. The van der Waals surface area contributed by atoms with Crippen molar-refractivity contribution in [2.75, 3.05) is 6.79 Å². The fourth-order valence-corrected chi connectivity index (χ4v) is 3.21. The van der Waals surface area contributed by atoms with E-state index in [1.54, 1.807) is 42.5 Å². The van der Waals surface area contributed by atoms with Gasteiger partial charge >= 0.3 is 0 Å². The highest BCUT2D eigenvalue weighted by Crippen LogP contribution is 2.32. The number of ether oxygens (including phenoxy) is 2. The molecule has 0 unspecified atom stereocenters. The van der Waals surface area contributed by atoms with E-state index in [-0.39, 0.29) is 19.1 Å². The van der Waals surface area contributed by atoms with E-state index < -0.39 is 17.9 Å². The standard InChI is InChI=1S/C24H21N3O5/c28-22(17-9-5-2-6-10-17)25-19(13-16-7-3-1-4-8-16)24(30)27-26-23(29)18-11-12-20-21(14-18)32-15-31-20/h1-12,14,19H,13,15H2,(H,25,28)(H,26,29)(H,27,30)/t19-/m0/s1. The Kier molecular flexibility index (Phi) is 6.31. The third-order valence-electron chi connectivity index (χ3n) is 4.87. The number of nitrogens with one attached hydrogen (secondary N) is 3. The van der Waals surface area contributed by atoms with Gasteiger partial charge in [0.25, 0.3) is 17.7 Å². The van der Waals surface area contributed by atoms with Crippen LogP contribution in [0.15, 0.2) is 78.9 Å². The van der Waals surface area contributed by atoms with Crippen LogP contribution >= 0.6 is 0 Å². The highest BCUT2D eigenvalue weighted by atomic mass is 16.7. The summed E-state index contributed by atoms with van der Waals surface area (Å²) in [6.07, 6.45) is 0.255. The highest BCUT2D eigenvalue weighted by molar-refractivity contribution is 5.99. The van der Waals surface area contributed by atoms with Gasteiger partial charge in [-0.2, -0.15) is 0 Å². The molecule has 1 heterocycles. The van der Waals surface area contributed by atoms with Crippen molar-refractivity contribution in [3.63, 3.8) is 0 Å². The summed E-state index contributed by atoms with van der Waals surface area (Å²) in [5.41, 5.74) is 6.37. The normalized spacial score (nSPS) is 12.5. The molecule has 0 spiro atoms. The first-order chi connectivity index (χ1) is 15.6. The number of hydrogen-bond donors (Lipinski definition) is 3. The number of benzene rings is 3. The molecule has 8 heteroatoms. The summed E-state index contributed by atoms with van der Waals surface area (Å²) in [5.74, 6) is -0.446. The van der Waals surface area contributed by atoms with Crippen LogP contribution in [0.25, 0.3) is 0 Å². The Balaban J connectivity index is 1.43. The molecule has 0 aliphatic carbocycles. The van der Waals surface area contributed by atoms with Crippen molar-refractivity contribution >= 4 is 17.7 Å². The van der Waals surface area contributed by atoms with Crippen molar-refractivity contribution in [3.05, 3.63) is 95.6 Å². The lowest BCUT2D eigenvalue weighted by Crippen LogP contribution is -2.53. The van der Waals surface area contributed by atoms with E-state index in [1.807, 2.05) is 30.3 Å². The molecule has 0 fully saturated rings. The minimum Gasteiger partial charge on any atom is -0.454 e. The molecule has 3 aromatic carbocycles. The Bertz CT molecular complexity index is 1120. The minimum atomic E-state index is -0.901. The van der Waals surface area contributed by atoms with Crippen LogP contribution in [-0.4, -0.2) is 30.6 Å². The van der Waals surface area contributed by atoms with Crippen LogP contribution in [0.4, 0.5) is 0 Å². The summed E-state index contributed by atoms with van der Waals surface area (Å²) >= 11 is 0. The van der Waals surface area contributed by atoms with Crippen LogP contribution in [0.1, 0.15) is 26.3 Å². The van der Waals surface area contributed by atoms with E-state index >= 15 is 0 Å². The fraction of sp³-hybridized carbons (Fsp3) is 0.125. The zero-order valence-electron chi connectivity index (χ0n) is 17.0. The zero-order chi connectivity index (χ0) is 22.3. The summed E-state index contributed by atoms with van der Waals surface area (Å²) in [6, 6.07) is 21.7. The van der Waals surface area contributed by atoms with Gasteiger partial charge in [0.05, 0.1) is 0 Å². The Morgan fingerprint density at radius 3 is 2.19 bits per heavy atom. The molecule has 0 saturated carbocycles. The largest absolute Gasteiger partial charge is 0.454 e. The van der Waals surface area contributed by atoms with E-state index in [9.17, 15) is 14.4 Å². The van der Waals surface area contributed by atoms with Crippen LogP contribution in [0.2, 0.25) is 0 Å². The lowest BCUT2D eigenvalue weighted by molar-refractivity contribution is -0.123. The van der Waals surface area contributed by atoms with Crippen LogP contribution in [0.3, 0.4) is 0 Å². The van der Waals surface area contributed by atoms with Gasteiger partial charge in [0, 0.05) is 17.5 Å². The van der Waals surface area contributed by atoms with Crippen molar-refractivity contribution in [2.24, 2.45) is 0 Å². The van der Waals surface area contributed by atoms with Crippen LogP contribution in [-0.2, 0) is 11.2 Å². The van der Waals surface area contributed by atoms with Crippen molar-refractivity contribution in [3.8, 4) is 11.5 Å². The fourth-order valence-electron chi connectivity index (χ4n) is 3.21. The van der Waals surface area contributed by atoms with Crippen LogP contribution < -0.4 is 25.6 Å². The van der Waals surface area contributed by atoms with E-state index in [0.29, 0.717) is 22.6 Å². The molecule has 0 bridgehead atoms. The molecule has 0 aromatic heterocycles. The monoisotopic (exact) mass is 431 g/mol. The number of fused-ring (bicyclic) bond motifs is 1. The number of hydrazine groups is 1. The summed E-state index contributed by atoms with van der Waals surface area (Å²) < 4.78 is 10.5. The van der Waals surface area contributed by atoms with Gasteiger partial charge < -0.3 is 14.8 Å². The molecule has 0 saturated heterocycles. The molecule has 3 amide bonds. The predicted molar refractivity (Wildman–Crippen MR) is 116 cm³/mol. The first-order valence-corrected chi connectivity index (χ1v) is 10.00. The summed E-state index contributed by atoms with van der Waals surface area (Å²) in [7, 11) is 0. The quantitative estimate of drug-likeness (QED) is 0.519. The van der Waals surface area contributed by atoms with E-state index in [4.69, 9.17) is 9.47 Å². The van der Waals surface area contributed by atoms with Crippen molar-refractivity contribution < 1.29 is 23.9 Å². The van der Waals surface area contributed by atoms with Crippen LogP contribution in [0, 0.1) is 0 Å². The maximum absolute atomic E-state index is 12.9. The predicted octanol–water partition coefficient (Wildman–Crippen LogP) is 2.22. The SMILES string of the molecule is O=C(NNC(=O)[C@H](Cc1ccccc1)NC(=O)c1ccccc1)c1ccc2c(c1)OCO2. The smallest absolute Gasteiger partial charge is 0.269 e. The molecular formula is C24H21N3O5. The van der Waals surface area contributed by atoms with Crippen LogP contribution in [0.5, 0.6) is 11.5 Å². The number of amides is 3. The Morgan fingerprint density at radius 2 is 1.44 bits per heavy atom. The molecule has 32 heavy (non-hydrogen) atoms. The summed E-state index contributed by atoms with van der Waals surface area (Å²) in [5, 5.41) is 2.74. The minimum absolute atomic E-state index is 0.0966. The van der Waals surface area contributed by atoms with Gasteiger partial charge in [-0.1, -0.05) is 48.5 Å². The molecule has 3 N–H and O–H groups in total. The van der Waals surface area contributed by atoms with Crippen molar-refractivity contribution in [2.45, 2.75) is 12.5 Å². The number of rotatable bonds is 6. The second kappa shape index (κ2) is 9.65. The third kappa shape index (κ3) is 5.04. The molecule has 0 radical (unpaired) electrons. The summed E-state index contributed by atoms with van der Waals surface area (Å²) in [4.78, 5) is 37.9. The van der Waals surface area contributed by atoms with Crippen molar-refractivity contribution in [1.29, 1.82) is 0 Å². The molecule has 1 aliphatic rings. The van der Waals surface area contributed by atoms with Gasteiger partial charge in [0.15, 0.2) is 11.5 Å². The zero-order valence-corrected chi connectivity index (χ0v) is 17.0. The molecule has 1 aliphatic heterocycles. The highest BCUT2D eigenvalue weighted by Gasteiger charge is 2.23. The molecule has 162 valence electrons. The topological polar surface area (TPSA) is 106 Å². The third-order valence-corrected chi connectivity index (χ3v) is 4.87. The maximum Gasteiger partial charge on any atom is 0.269 e. The Morgan fingerprint density at radius 1 is 0.750 bits per heavy atom. The second-order valence-electron chi connectivity index (χ2n) is 7.09. The van der Waals surface area contributed by atoms with Crippen molar-refractivity contribution in [1.82, 2.24) is 16.2 Å². The van der Waals surface area contributed by atoms with Gasteiger partial charge in [0.1, 0.15) is 6.04 Å². The van der Waals surface area contributed by atoms with E-state index in [2.05, 4.69) is 16.2 Å². The van der Waals surface area contributed by atoms with E-state index in [1.165, 1.54) is 6.07 Å². The lowest BCUT2D eigenvalue weighted by atomic mass is 10.0. The average Bonchev–Trinajstić information content (AvgIpc) is 3.31. The number of carbonyl (C=O) groups is 3. The van der Waals surface area contributed by atoms with E-state index in [0.717, 1.165) is 5.56 Å². The molecule has 4 rings (SSSR count). The Hall–Kier alpha value is -4.33. The van der Waals surface area contributed by atoms with Gasteiger partial charge in [-0.05, 0) is 35.9 Å². The molecule has 1 atom stereocenters. The van der Waals surface area contributed by atoms with Gasteiger partial charge in [-0.3, -0.25) is 25.2 Å². The Labute approximate surface area is 184 Å².